The molecular weight excluding hydrogens is 706 g/mol. The Morgan fingerprint density at radius 1 is 0.722 bits per heavy atom. The summed E-state index contributed by atoms with van der Waals surface area (Å²) in [4.78, 5) is 73.9. The van der Waals surface area contributed by atoms with Crippen LogP contribution < -0.4 is 0 Å². The van der Waals surface area contributed by atoms with Gasteiger partial charge in [-0.25, -0.2) is 0 Å². The number of aliphatic hydroxyl groups is 2. The molecule has 0 aromatic heterocycles. The molecule has 8 atom stereocenters. The molecule has 1 rings (SSSR count). The Hall–Kier alpha value is -4.14. The average Bonchev–Trinajstić information content (AvgIpc) is 3.08. The van der Waals surface area contributed by atoms with Gasteiger partial charge in [-0.05, 0) is 44.1 Å². The summed E-state index contributed by atoms with van der Waals surface area (Å²) in [6.45, 7) is 8.27. The van der Waals surface area contributed by atoms with E-state index in [4.69, 9.17) is 19.7 Å². The molecule has 1 heterocycles. The maximum absolute atomic E-state index is 13.1. The predicted octanol–water partition coefficient (Wildman–Crippen LogP) is 5.94. The summed E-state index contributed by atoms with van der Waals surface area (Å²) in [6, 6.07) is -0.124. The molecule has 0 saturated carbocycles. The number of carboxylic acids is 4. The zero-order chi connectivity index (χ0) is 40.8. The highest BCUT2D eigenvalue weighted by molar-refractivity contribution is 5.83. The third-order valence-electron chi connectivity index (χ3n) is 9.92. The van der Waals surface area contributed by atoms with Crippen LogP contribution >= 0.6 is 0 Å². The number of unbranched alkanes of at least 4 members (excludes halogenated alkanes) is 6. The molecule has 0 unspecified atom stereocenters. The zero-order valence-corrected chi connectivity index (χ0v) is 32.3. The lowest BCUT2D eigenvalue weighted by atomic mass is 9.87. The van der Waals surface area contributed by atoms with Gasteiger partial charge in [-0.2, -0.15) is 0 Å². The topological polar surface area (TPSA) is 245 Å². The van der Waals surface area contributed by atoms with E-state index >= 15 is 0 Å². The van der Waals surface area contributed by atoms with E-state index in [1.54, 1.807) is 19.2 Å². The van der Waals surface area contributed by atoms with Gasteiger partial charge in [0.1, 0.15) is 18.0 Å². The van der Waals surface area contributed by atoms with Crippen LogP contribution in [0.2, 0.25) is 0 Å². The van der Waals surface area contributed by atoms with E-state index in [1.807, 2.05) is 31.7 Å². The van der Waals surface area contributed by atoms with Crippen molar-refractivity contribution in [2.45, 2.75) is 155 Å². The number of aliphatic carboxylic acids is 4. The van der Waals surface area contributed by atoms with Gasteiger partial charge >= 0.3 is 35.8 Å². The lowest BCUT2D eigenvalue weighted by Gasteiger charge is -2.33. The molecule has 308 valence electrons. The van der Waals surface area contributed by atoms with Crippen LogP contribution in [0.15, 0.2) is 24.1 Å². The van der Waals surface area contributed by atoms with E-state index in [9.17, 15) is 49.2 Å². The fourth-order valence-corrected chi connectivity index (χ4v) is 6.61. The lowest BCUT2D eigenvalue weighted by Crippen LogP contribution is -2.42. The molecule has 0 radical (unpaired) electrons. The van der Waals surface area contributed by atoms with Gasteiger partial charge in [-0.1, -0.05) is 84.6 Å². The van der Waals surface area contributed by atoms with Crippen LogP contribution in [0.5, 0.6) is 0 Å². The Balaban J connectivity index is 2.92. The Bertz CT molecular complexity index is 1270. The highest BCUT2D eigenvalue weighted by atomic mass is 16.6. The van der Waals surface area contributed by atoms with Gasteiger partial charge < -0.3 is 45.0 Å². The number of allylic oxidation sites excluding steroid dienone is 1. The molecule has 0 fully saturated rings. The number of ether oxygens (including phenoxy) is 2. The number of hydrogen-bond acceptors (Lipinski definition) is 11. The van der Waals surface area contributed by atoms with Gasteiger partial charge in [-0.15, -0.1) is 0 Å². The molecular formula is C39H63NO14. The van der Waals surface area contributed by atoms with E-state index in [0.29, 0.717) is 19.4 Å². The maximum Gasteiger partial charge on any atom is 0.307 e. The van der Waals surface area contributed by atoms with Crippen LogP contribution in [-0.2, 0) is 38.2 Å². The molecule has 1 aliphatic heterocycles. The number of carbonyl (C=O) groups excluding carboxylic acids is 2. The Kier molecular flexibility index (Phi) is 22.9. The molecule has 15 heteroatoms. The minimum absolute atomic E-state index is 0.0507. The van der Waals surface area contributed by atoms with Gasteiger partial charge in [0.2, 0.25) is 0 Å². The van der Waals surface area contributed by atoms with Crippen molar-refractivity contribution in [1.29, 1.82) is 0 Å². The van der Waals surface area contributed by atoms with Crippen molar-refractivity contribution in [2.75, 3.05) is 6.54 Å². The van der Waals surface area contributed by atoms with E-state index < -0.39 is 91.6 Å². The van der Waals surface area contributed by atoms with Crippen molar-refractivity contribution in [3.8, 4) is 0 Å². The van der Waals surface area contributed by atoms with Crippen LogP contribution in [0.3, 0.4) is 0 Å². The first-order valence-corrected chi connectivity index (χ1v) is 19.2. The smallest absolute Gasteiger partial charge is 0.307 e. The highest BCUT2D eigenvalue weighted by Crippen LogP contribution is 2.29. The van der Waals surface area contributed by atoms with E-state index in [0.717, 1.165) is 57.8 Å². The standard InChI is InChI=1S/C39H63NO14/c1-5-6-15-26(3)37(54-36(48)23-29(39(51)52)21-34(45)46)32(53-35(47)22-28(38(49)50)20-33(43)44)19-25(2)14-11-9-7-8-10-12-17-31(42)27(4)40-18-13-16-30(41)24-40/h13,16,24-29,31-32,37,41-42H,5-12,14-15,17-23H2,1-4H3,(H,43,44)(H,45,46)(H,49,50)(H,51,52)/t25-,26-,27+,28+,29-,31+,32+,37-/m1/s1. The first-order chi connectivity index (χ1) is 25.4. The van der Waals surface area contributed by atoms with Crippen LogP contribution in [-0.4, -0.2) is 102 Å². The molecule has 54 heavy (non-hydrogen) atoms. The molecule has 1 aliphatic rings. The number of carboxylic acid groups (broad SMARTS) is 4. The molecule has 0 bridgehead atoms. The maximum atomic E-state index is 13.1. The summed E-state index contributed by atoms with van der Waals surface area (Å²) in [5, 5.41) is 57.6. The fraction of sp³-hybridized carbons (Fsp3) is 0.744. The summed E-state index contributed by atoms with van der Waals surface area (Å²) in [6.07, 6.45) is 8.71. The highest BCUT2D eigenvalue weighted by Gasteiger charge is 2.37. The Morgan fingerprint density at radius 3 is 1.74 bits per heavy atom. The van der Waals surface area contributed by atoms with Crippen molar-refractivity contribution in [3.05, 3.63) is 24.1 Å². The number of carbonyl (C=O) groups is 6. The van der Waals surface area contributed by atoms with Gasteiger partial charge in [0.15, 0.2) is 0 Å². The fourth-order valence-electron chi connectivity index (χ4n) is 6.61. The molecule has 15 nitrogen and oxygen atoms in total. The lowest BCUT2D eigenvalue weighted by molar-refractivity contribution is -0.177. The van der Waals surface area contributed by atoms with Gasteiger partial charge in [0.05, 0.1) is 49.7 Å². The SMILES string of the molecule is CCCC[C@@H](C)[C@@H](OC(=O)C[C@@H](CC(=O)O)C(=O)O)[C@H](C[C@H](C)CCCCCCCC[C@H](O)[C@H](C)N1C=C(O)C=CC1)OC(=O)C[C@H](CC(=O)O)C(=O)O. The number of nitrogens with zero attached hydrogens (tertiary/aromatic N) is 1. The Labute approximate surface area is 318 Å². The molecule has 0 saturated heterocycles. The van der Waals surface area contributed by atoms with Crippen molar-refractivity contribution < 1.29 is 68.9 Å². The normalized spacial score (nSPS) is 17.2. The first kappa shape index (κ1) is 47.9. The summed E-state index contributed by atoms with van der Waals surface area (Å²) in [7, 11) is 0. The van der Waals surface area contributed by atoms with Crippen LogP contribution in [0.4, 0.5) is 0 Å². The monoisotopic (exact) mass is 769 g/mol. The predicted molar refractivity (Wildman–Crippen MR) is 197 cm³/mol. The second-order valence-electron chi connectivity index (χ2n) is 14.8. The van der Waals surface area contributed by atoms with Crippen molar-refractivity contribution in [2.24, 2.45) is 23.7 Å². The minimum Gasteiger partial charge on any atom is -0.506 e. The quantitative estimate of drug-likeness (QED) is 0.0366. The number of hydrogen-bond donors (Lipinski definition) is 6. The van der Waals surface area contributed by atoms with Gasteiger partial charge in [-0.3, -0.25) is 28.8 Å². The second kappa shape index (κ2) is 25.8. The summed E-state index contributed by atoms with van der Waals surface area (Å²) in [5.41, 5.74) is 0. The van der Waals surface area contributed by atoms with Crippen LogP contribution in [0, 0.1) is 23.7 Å². The first-order valence-electron chi connectivity index (χ1n) is 19.2. The summed E-state index contributed by atoms with van der Waals surface area (Å²) in [5.74, 6) is -11.0. The third kappa shape index (κ3) is 19.8. The summed E-state index contributed by atoms with van der Waals surface area (Å²) < 4.78 is 11.6. The number of esters is 2. The molecule has 0 aromatic carbocycles. The molecule has 0 amide bonds. The summed E-state index contributed by atoms with van der Waals surface area (Å²) >= 11 is 0. The van der Waals surface area contributed by atoms with Crippen LogP contribution in [0.25, 0.3) is 0 Å². The van der Waals surface area contributed by atoms with Crippen molar-refractivity contribution >= 4 is 35.8 Å². The third-order valence-corrected chi connectivity index (χ3v) is 9.92. The minimum atomic E-state index is -1.54. The van der Waals surface area contributed by atoms with Crippen molar-refractivity contribution in [3.63, 3.8) is 0 Å². The van der Waals surface area contributed by atoms with Crippen LogP contribution in [0.1, 0.15) is 130 Å². The molecule has 0 spiro atoms. The molecule has 6 N–H and O–H groups in total. The van der Waals surface area contributed by atoms with E-state index in [2.05, 4.69) is 0 Å². The second-order valence-corrected chi connectivity index (χ2v) is 14.8. The van der Waals surface area contributed by atoms with Gasteiger partial charge in [0.25, 0.3) is 0 Å². The zero-order valence-electron chi connectivity index (χ0n) is 32.3. The van der Waals surface area contributed by atoms with Crippen molar-refractivity contribution in [1.82, 2.24) is 4.90 Å². The molecule has 0 aliphatic carbocycles. The van der Waals surface area contributed by atoms with E-state index in [1.165, 1.54) is 0 Å². The number of aliphatic hydroxyl groups excluding tert-OH is 2. The van der Waals surface area contributed by atoms with E-state index in [-0.39, 0.29) is 30.1 Å². The number of rotatable bonds is 30. The Morgan fingerprint density at radius 2 is 1.24 bits per heavy atom. The van der Waals surface area contributed by atoms with Gasteiger partial charge in [0, 0.05) is 12.7 Å². The average molecular weight is 770 g/mol. The largest absolute Gasteiger partial charge is 0.506 e. The molecule has 0 aromatic rings.